The van der Waals surface area contributed by atoms with E-state index in [9.17, 15) is 9.18 Å². The number of benzene rings is 1. The van der Waals surface area contributed by atoms with E-state index in [0.717, 1.165) is 24.2 Å². The average molecular weight is 302 g/mol. The summed E-state index contributed by atoms with van der Waals surface area (Å²) >= 11 is 0. The number of hydrogen-bond donors (Lipinski definition) is 1. The van der Waals surface area contributed by atoms with Crippen molar-refractivity contribution in [3.8, 4) is 11.4 Å². The fraction of sp³-hybridized carbons (Fsp3) is 0.375. The molecule has 0 saturated heterocycles. The van der Waals surface area contributed by atoms with Gasteiger partial charge in [-0.15, -0.1) is 0 Å². The van der Waals surface area contributed by atoms with Crippen LogP contribution >= 0.6 is 0 Å². The Bertz CT molecular complexity index is 738. The van der Waals surface area contributed by atoms with Gasteiger partial charge in [0, 0.05) is 13.1 Å². The lowest BCUT2D eigenvalue weighted by atomic mass is 10.1. The third kappa shape index (κ3) is 2.50. The Labute approximate surface area is 128 Å². The molecule has 1 amide bonds. The van der Waals surface area contributed by atoms with Crippen molar-refractivity contribution in [3.63, 3.8) is 0 Å². The molecule has 1 aliphatic heterocycles. The molecular weight excluding hydrogens is 283 g/mol. The zero-order valence-electron chi connectivity index (χ0n) is 12.8. The molecule has 1 aliphatic rings. The van der Waals surface area contributed by atoms with Crippen LogP contribution in [-0.2, 0) is 13.1 Å². The van der Waals surface area contributed by atoms with Crippen molar-refractivity contribution in [2.75, 3.05) is 13.6 Å². The summed E-state index contributed by atoms with van der Waals surface area (Å²) in [4.78, 5) is 18.2. The second kappa shape index (κ2) is 5.53. The van der Waals surface area contributed by atoms with Crippen molar-refractivity contribution in [2.24, 2.45) is 5.73 Å². The number of hydrogen-bond acceptors (Lipinski definition) is 3. The number of primary amides is 1. The van der Waals surface area contributed by atoms with Gasteiger partial charge in [0.2, 0.25) is 0 Å². The molecule has 6 heteroatoms. The van der Waals surface area contributed by atoms with E-state index in [1.54, 1.807) is 6.07 Å². The van der Waals surface area contributed by atoms with Gasteiger partial charge in [-0.1, -0.05) is 6.07 Å². The molecule has 5 nitrogen and oxygen atoms in total. The van der Waals surface area contributed by atoms with Gasteiger partial charge in [-0.05, 0) is 44.6 Å². The Hall–Kier alpha value is -2.21. The van der Waals surface area contributed by atoms with Crippen LogP contribution in [0.3, 0.4) is 0 Å². The molecule has 0 unspecified atom stereocenters. The maximum absolute atomic E-state index is 14.3. The SMILES string of the molecule is Cc1ccc(-c2nc(C(N)=O)c3n2CCCN(C)C3)c(F)c1. The summed E-state index contributed by atoms with van der Waals surface area (Å²) in [7, 11) is 1.99. The summed E-state index contributed by atoms with van der Waals surface area (Å²) in [5, 5.41) is 0. The van der Waals surface area contributed by atoms with E-state index in [-0.39, 0.29) is 11.5 Å². The molecule has 0 saturated carbocycles. The minimum absolute atomic E-state index is 0.240. The fourth-order valence-corrected chi connectivity index (χ4v) is 2.93. The third-order valence-corrected chi connectivity index (χ3v) is 4.01. The van der Waals surface area contributed by atoms with Gasteiger partial charge in [0.05, 0.1) is 11.3 Å². The van der Waals surface area contributed by atoms with E-state index in [1.807, 2.05) is 24.6 Å². The normalized spacial score (nSPS) is 15.4. The summed E-state index contributed by atoms with van der Waals surface area (Å²) in [5.41, 5.74) is 7.72. The molecule has 22 heavy (non-hydrogen) atoms. The van der Waals surface area contributed by atoms with Gasteiger partial charge < -0.3 is 15.2 Å². The first-order chi connectivity index (χ1) is 10.5. The van der Waals surface area contributed by atoms with Gasteiger partial charge in [0.15, 0.2) is 5.69 Å². The van der Waals surface area contributed by atoms with Crippen molar-refractivity contribution in [2.45, 2.75) is 26.4 Å². The molecule has 0 aliphatic carbocycles. The molecule has 3 rings (SSSR count). The summed E-state index contributed by atoms with van der Waals surface area (Å²) in [6.45, 7) is 4.03. The van der Waals surface area contributed by atoms with E-state index >= 15 is 0 Å². The van der Waals surface area contributed by atoms with Crippen molar-refractivity contribution in [1.82, 2.24) is 14.5 Å². The molecule has 0 atom stereocenters. The first-order valence-corrected chi connectivity index (χ1v) is 7.31. The first kappa shape index (κ1) is 14.7. The Balaban J connectivity index is 2.20. The fourth-order valence-electron chi connectivity index (χ4n) is 2.93. The Morgan fingerprint density at radius 3 is 2.82 bits per heavy atom. The van der Waals surface area contributed by atoms with E-state index < -0.39 is 5.91 Å². The quantitative estimate of drug-likeness (QED) is 0.922. The maximum Gasteiger partial charge on any atom is 0.269 e. The molecule has 116 valence electrons. The number of carbonyl (C=O) groups excluding carboxylic acids is 1. The van der Waals surface area contributed by atoms with Crippen LogP contribution in [0.15, 0.2) is 18.2 Å². The van der Waals surface area contributed by atoms with E-state index in [2.05, 4.69) is 9.88 Å². The summed E-state index contributed by atoms with van der Waals surface area (Å²) in [5.74, 6) is -0.421. The van der Waals surface area contributed by atoms with Crippen LogP contribution in [0.4, 0.5) is 4.39 Å². The number of fused-ring (bicyclic) bond motifs is 1. The highest BCUT2D eigenvalue weighted by atomic mass is 19.1. The van der Waals surface area contributed by atoms with Crippen LogP contribution in [0.5, 0.6) is 0 Å². The maximum atomic E-state index is 14.3. The van der Waals surface area contributed by atoms with Crippen molar-refractivity contribution < 1.29 is 9.18 Å². The predicted molar refractivity (Wildman–Crippen MR) is 81.8 cm³/mol. The first-order valence-electron chi connectivity index (χ1n) is 7.31. The average Bonchev–Trinajstić information content (AvgIpc) is 2.67. The summed E-state index contributed by atoms with van der Waals surface area (Å²) in [6, 6.07) is 5.02. The van der Waals surface area contributed by atoms with Crippen molar-refractivity contribution >= 4 is 5.91 Å². The smallest absolute Gasteiger partial charge is 0.269 e. The van der Waals surface area contributed by atoms with Crippen LogP contribution in [0.2, 0.25) is 0 Å². The summed E-state index contributed by atoms with van der Waals surface area (Å²) < 4.78 is 16.2. The number of imidazole rings is 1. The van der Waals surface area contributed by atoms with Crippen LogP contribution in [-0.4, -0.2) is 34.0 Å². The number of aryl methyl sites for hydroxylation is 1. The van der Waals surface area contributed by atoms with Gasteiger partial charge in [-0.3, -0.25) is 4.79 Å². The van der Waals surface area contributed by atoms with E-state index in [0.29, 0.717) is 24.5 Å². The highest BCUT2D eigenvalue weighted by Crippen LogP contribution is 2.28. The monoisotopic (exact) mass is 302 g/mol. The van der Waals surface area contributed by atoms with Gasteiger partial charge in [0.25, 0.3) is 5.91 Å². The molecule has 2 heterocycles. The molecule has 2 aromatic rings. The van der Waals surface area contributed by atoms with Gasteiger partial charge >= 0.3 is 0 Å². The number of halogens is 1. The molecule has 0 fully saturated rings. The van der Waals surface area contributed by atoms with Crippen LogP contribution in [0.1, 0.15) is 28.2 Å². The third-order valence-electron chi connectivity index (χ3n) is 4.01. The zero-order valence-corrected chi connectivity index (χ0v) is 12.8. The Morgan fingerprint density at radius 2 is 2.14 bits per heavy atom. The highest BCUT2D eigenvalue weighted by Gasteiger charge is 2.25. The molecule has 1 aromatic heterocycles. The molecular formula is C16H19FN4O. The Morgan fingerprint density at radius 1 is 1.36 bits per heavy atom. The Kier molecular flexibility index (Phi) is 3.70. The number of carbonyl (C=O) groups is 1. The van der Waals surface area contributed by atoms with Crippen LogP contribution < -0.4 is 5.73 Å². The molecule has 2 N–H and O–H groups in total. The lowest BCUT2D eigenvalue weighted by Crippen LogP contribution is -2.21. The van der Waals surface area contributed by atoms with Crippen LogP contribution in [0.25, 0.3) is 11.4 Å². The highest BCUT2D eigenvalue weighted by molar-refractivity contribution is 5.93. The molecule has 0 bridgehead atoms. The topological polar surface area (TPSA) is 64.1 Å². The van der Waals surface area contributed by atoms with Gasteiger partial charge in [0.1, 0.15) is 11.6 Å². The van der Waals surface area contributed by atoms with E-state index in [4.69, 9.17) is 5.73 Å². The standard InChI is InChI=1S/C16H19FN4O/c1-10-4-5-11(12(17)8-10)16-19-14(15(18)22)13-9-20(2)6-3-7-21(13)16/h4-5,8H,3,6-7,9H2,1-2H3,(H2,18,22). The summed E-state index contributed by atoms with van der Waals surface area (Å²) in [6.07, 6.45) is 0.915. The van der Waals surface area contributed by atoms with Gasteiger partial charge in [-0.2, -0.15) is 0 Å². The van der Waals surface area contributed by atoms with E-state index in [1.165, 1.54) is 6.07 Å². The molecule has 1 aromatic carbocycles. The largest absolute Gasteiger partial charge is 0.364 e. The van der Waals surface area contributed by atoms with Crippen molar-refractivity contribution in [1.29, 1.82) is 0 Å². The zero-order chi connectivity index (χ0) is 15.9. The number of rotatable bonds is 2. The number of amides is 1. The minimum atomic E-state index is -0.571. The number of nitrogens with zero attached hydrogens (tertiary/aromatic N) is 3. The lowest BCUT2D eigenvalue weighted by Gasteiger charge is -2.12. The lowest BCUT2D eigenvalue weighted by molar-refractivity contribution is 0.0994. The number of aromatic nitrogens is 2. The molecule has 0 radical (unpaired) electrons. The molecule has 0 spiro atoms. The minimum Gasteiger partial charge on any atom is -0.364 e. The number of nitrogens with two attached hydrogens (primary N) is 1. The predicted octanol–water partition coefficient (Wildman–Crippen LogP) is 1.93. The van der Waals surface area contributed by atoms with Gasteiger partial charge in [-0.25, -0.2) is 9.37 Å². The second-order valence-electron chi connectivity index (χ2n) is 5.82. The second-order valence-corrected chi connectivity index (χ2v) is 5.82. The van der Waals surface area contributed by atoms with Crippen LogP contribution in [0, 0.1) is 12.7 Å². The van der Waals surface area contributed by atoms with Crippen molar-refractivity contribution in [3.05, 3.63) is 41.0 Å².